The molecule has 5 aromatic rings. The molecule has 0 N–H and O–H groups in total. The van der Waals surface area contributed by atoms with Gasteiger partial charge in [-0.05, 0) is 49.1 Å². The molecule has 1 aliphatic rings. The molecule has 0 radical (unpaired) electrons. The minimum absolute atomic E-state index is 0.0652. The Labute approximate surface area is 252 Å². The summed E-state index contributed by atoms with van der Waals surface area (Å²) in [6, 6.07) is 21.0. The number of hydrogen-bond acceptors (Lipinski definition) is 7. The van der Waals surface area contributed by atoms with Crippen molar-refractivity contribution in [1.82, 2.24) is 18.8 Å². The number of piperidine rings is 1. The van der Waals surface area contributed by atoms with E-state index >= 15 is 0 Å². The van der Waals surface area contributed by atoms with Gasteiger partial charge in [-0.15, -0.1) is 0 Å². The average molecular weight is 616 g/mol. The van der Waals surface area contributed by atoms with Crippen molar-refractivity contribution in [3.63, 3.8) is 0 Å². The Morgan fingerprint density at radius 3 is 2.49 bits per heavy atom. The molecule has 0 bridgehead atoms. The number of non-ortho nitro benzene ring substituents is 1. The van der Waals surface area contributed by atoms with Crippen molar-refractivity contribution < 1.29 is 18.1 Å². The van der Waals surface area contributed by atoms with Crippen LogP contribution in [0.15, 0.2) is 96.2 Å². The minimum Gasteiger partial charge on any atom is -0.338 e. The smallest absolute Gasteiger partial charge is 0.269 e. The number of hydrogen-bond donors (Lipinski definition) is 0. The molecule has 218 valence electrons. The zero-order chi connectivity index (χ0) is 30.1. The van der Waals surface area contributed by atoms with Gasteiger partial charge in [-0.3, -0.25) is 14.9 Å². The lowest BCUT2D eigenvalue weighted by Gasteiger charge is -2.32. The molecule has 43 heavy (non-hydrogen) atoms. The number of rotatable bonds is 7. The first-order chi connectivity index (χ1) is 20.7. The average Bonchev–Trinajstić information content (AvgIpc) is 3.43. The first-order valence-electron chi connectivity index (χ1n) is 13.7. The topological polar surface area (TPSA) is 128 Å². The highest BCUT2D eigenvalue weighted by molar-refractivity contribution is 7.90. The van der Waals surface area contributed by atoms with Crippen LogP contribution in [0.1, 0.15) is 29.0 Å². The van der Waals surface area contributed by atoms with Crippen LogP contribution in [-0.2, 0) is 16.4 Å². The van der Waals surface area contributed by atoms with Gasteiger partial charge in [0.1, 0.15) is 5.82 Å². The van der Waals surface area contributed by atoms with Crippen molar-refractivity contribution in [1.29, 1.82) is 0 Å². The zero-order valence-corrected chi connectivity index (χ0v) is 24.4. The fourth-order valence-electron chi connectivity index (χ4n) is 5.52. The highest BCUT2D eigenvalue weighted by Crippen LogP contribution is 2.35. The van der Waals surface area contributed by atoms with Gasteiger partial charge >= 0.3 is 0 Å². The predicted molar refractivity (Wildman–Crippen MR) is 162 cm³/mol. The van der Waals surface area contributed by atoms with Gasteiger partial charge in [0.2, 0.25) is 0 Å². The maximum atomic E-state index is 13.6. The van der Waals surface area contributed by atoms with E-state index in [1.807, 2.05) is 12.1 Å². The number of aromatic nitrogens is 3. The quantitative estimate of drug-likeness (QED) is 0.162. The van der Waals surface area contributed by atoms with Gasteiger partial charge in [0.15, 0.2) is 0 Å². The molecule has 12 heteroatoms. The third-order valence-corrected chi connectivity index (χ3v) is 9.59. The van der Waals surface area contributed by atoms with Crippen molar-refractivity contribution in [3.05, 3.63) is 118 Å². The van der Waals surface area contributed by atoms with Crippen LogP contribution in [0.5, 0.6) is 0 Å². The number of halogens is 1. The molecule has 1 amide bonds. The lowest BCUT2D eigenvalue weighted by atomic mass is 9.94. The first-order valence-corrected chi connectivity index (χ1v) is 15.5. The van der Waals surface area contributed by atoms with Crippen LogP contribution in [0.25, 0.3) is 22.2 Å². The second-order valence-electron chi connectivity index (χ2n) is 10.4. The first kappa shape index (κ1) is 28.5. The molecule has 1 saturated heterocycles. The lowest BCUT2D eigenvalue weighted by Crippen LogP contribution is -2.40. The Kier molecular flexibility index (Phi) is 7.68. The Hall–Kier alpha value is -4.61. The predicted octanol–water partition coefficient (Wildman–Crippen LogP) is 5.99. The monoisotopic (exact) mass is 615 g/mol. The van der Waals surface area contributed by atoms with Crippen LogP contribution in [0.2, 0.25) is 5.02 Å². The summed E-state index contributed by atoms with van der Waals surface area (Å²) in [5, 5.41) is 11.9. The fourth-order valence-corrected chi connectivity index (χ4v) is 7.10. The maximum Gasteiger partial charge on any atom is 0.269 e. The molecule has 3 aromatic carbocycles. The van der Waals surface area contributed by atoms with Gasteiger partial charge in [-0.1, -0.05) is 48.0 Å². The van der Waals surface area contributed by atoms with E-state index in [2.05, 4.69) is 4.98 Å². The van der Waals surface area contributed by atoms with Crippen LogP contribution in [0, 0.1) is 16.0 Å². The van der Waals surface area contributed by atoms with Gasteiger partial charge in [0, 0.05) is 60.5 Å². The van der Waals surface area contributed by atoms with Crippen molar-refractivity contribution >= 4 is 44.1 Å². The number of likely N-dealkylation sites (tertiary alicyclic amines) is 1. The Morgan fingerprint density at radius 1 is 1.02 bits per heavy atom. The molecule has 10 nitrogen and oxygen atoms in total. The number of nitro benzene ring substituents is 1. The fraction of sp³-hybridized carbons (Fsp3) is 0.194. The van der Waals surface area contributed by atoms with Crippen LogP contribution in [0.4, 0.5) is 5.69 Å². The maximum absolute atomic E-state index is 13.6. The van der Waals surface area contributed by atoms with Gasteiger partial charge in [-0.25, -0.2) is 22.4 Å². The summed E-state index contributed by atoms with van der Waals surface area (Å²) < 4.78 is 28.4. The lowest BCUT2D eigenvalue weighted by molar-refractivity contribution is -0.384. The second kappa shape index (κ2) is 11.6. The molecule has 1 atom stereocenters. The normalized spacial score (nSPS) is 15.5. The van der Waals surface area contributed by atoms with E-state index in [0.29, 0.717) is 58.1 Å². The molecular weight excluding hydrogens is 590 g/mol. The van der Waals surface area contributed by atoms with E-state index < -0.39 is 14.9 Å². The molecule has 0 aliphatic carbocycles. The highest BCUT2D eigenvalue weighted by atomic mass is 35.5. The number of para-hydroxylation sites is 1. The highest BCUT2D eigenvalue weighted by Gasteiger charge is 2.27. The number of nitrogens with zero attached hydrogens (tertiary/aromatic N) is 5. The number of nitro groups is 1. The van der Waals surface area contributed by atoms with Gasteiger partial charge in [0.25, 0.3) is 21.6 Å². The third kappa shape index (κ3) is 5.61. The summed E-state index contributed by atoms with van der Waals surface area (Å²) in [7, 11) is -3.88. The van der Waals surface area contributed by atoms with Crippen molar-refractivity contribution in [2.24, 2.45) is 5.92 Å². The van der Waals surface area contributed by atoms with E-state index in [0.717, 1.165) is 12.8 Å². The number of amides is 1. The summed E-state index contributed by atoms with van der Waals surface area (Å²) in [5.74, 6) is 0.450. The molecular formula is C31H26ClN5O5S. The number of benzene rings is 3. The largest absolute Gasteiger partial charge is 0.338 e. The van der Waals surface area contributed by atoms with Crippen LogP contribution in [-0.4, -0.2) is 51.2 Å². The molecule has 0 unspecified atom stereocenters. The van der Waals surface area contributed by atoms with Crippen LogP contribution < -0.4 is 0 Å². The number of fused-ring (bicyclic) bond motifs is 1. The van der Waals surface area contributed by atoms with Crippen molar-refractivity contribution in [3.8, 4) is 11.3 Å². The molecule has 6 rings (SSSR count). The summed E-state index contributed by atoms with van der Waals surface area (Å²) in [6.07, 6.45) is 5.25. The SMILES string of the molecule is O=C(c1ccc([N+](=O)[O-])cc1)N1CCC[C@@H](Cc2ncc(Cl)c(-c3cn(S(=O)(=O)c4ccccc4)c4ccccc34)n2)C1. The van der Waals surface area contributed by atoms with Crippen molar-refractivity contribution in [2.45, 2.75) is 24.2 Å². The van der Waals surface area contributed by atoms with E-state index in [-0.39, 0.29) is 22.4 Å². The van der Waals surface area contributed by atoms with Crippen LogP contribution >= 0.6 is 11.6 Å². The molecule has 3 heterocycles. The standard InChI is InChI=1S/C31H26ClN5O5S/c32-27-18-33-29(17-21-7-6-16-35(19-21)31(38)22-12-14-23(15-13-22)37(39)40)34-30(27)26-20-36(28-11-5-4-10-25(26)28)43(41,42)24-8-2-1-3-9-24/h1-5,8-15,18,20-21H,6-7,16-17,19H2/t21-/m0/s1. The molecule has 2 aromatic heterocycles. The Morgan fingerprint density at radius 2 is 1.74 bits per heavy atom. The molecule has 1 aliphatic heterocycles. The molecule has 1 fully saturated rings. The number of carbonyl (C=O) groups is 1. The van der Waals surface area contributed by atoms with Gasteiger partial charge in [-0.2, -0.15) is 0 Å². The molecule has 0 spiro atoms. The Bertz CT molecular complexity index is 1950. The van der Waals surface area contributed by atoms with E-state index in [1.54, 1.807) is 53.6 Å². The number of carbonyl (C=O) groups excluding carboxylic acids is 1. The van der Waals surface area contributed by atoms with Crippen LogP contribution in [0.3, 0.4) is 0 Å². The molecule has 0 saturated carbocycles. The van der Waals surface area contributed by atoms with E-state index in [9.17, 15) is 23.3 Å². The summed E-state index contributed by atoms with van der Waals surface area (Å²) >= 11 is 6.60. The van der Waals surface area contributed by atoms with E-state index in [1.165, 1.54) is 34.4 Å². The van der Waals surface area contributed by atoms with E-state index in [4.69, 9.17) is 16.6 Å². The van der Waals surface area contributed by atoms with Crippen molar-refractivity contribution in [2.75, 3.05) is 13.1 Å². The Balaban J connectivity index is 1.27. The van der Waals surface area contributed by atoms with Gasteiger partial charge < -0.3 is 4.90 Å². The minimum atomic E-state index is -3.88. The summed E-state index contributed by atoms with van der Waals surface area (Å²) in [6.45, 7) is 1.08. The third-order valence-electron chi connectivity index (χ3n) is 7.63. The van der Waals surface area contributed by atoms with Gasteiger partial charge in [0.05, 0.1) is 26.1 Å². The zero-order valence-electron chi connectivity index (χ0n) is 22.8. The second-order valence-corrected chi connectivity index (χ2v) is 12.6. The summed E-state index contributed by atoms with van der Waals surface area (Å²) in [5.41, 5.74) is 1.84. The summed E-state index contributed by atoms with van der Waals surface area (Å²) in [4.78, 5) is 34.8.